The van der Waals surface area contributed by atoms with Crippen molar-refractivity contribution in [2.75, 3.05) is 38.2 Å². The number of hydrogen-bond donors (Lipinski definition) is 1. The number of carbonyl (C=O) groups is 1. The molecule has 0 aliphatic carbocycles. The Bertz CT molecular complexity index is 930. The van der Waals surface area contributed by atoms with Gasteiger partial charge in [-0.15, -0.1) is 0 Å². The molecule has 1 aliphatic heterocycles. The van der Waals surface area contributed by atoms with Crippen molar-refractivity contribution in [3.05, 3.63) is 47.9 Å². The van der Waals surface area contributed by atoms with Crippen molar-refractivity contribution in [2.24, 2.45) is 0 Å². The number of anilines is 1. The van der Waals surface area contributed by atoms with Crippen LogP contribution in [0.15, 0.2) is 36.7 Å². The van der Waals surface area contributed by atoms with Crippen LogP contribution in [0.3, 0.4) is 0 Å². The number of fused-ring (bicyclic) bond motifs is 1. The van der Waals surface area contributed by atoms with Gasteiger partial charge in [-0.25, -0.2) is 9.97 Å². The van der Waals surface area contributed by atoms with Crippen LogP contribution in [-0.2, 0) is 0 Å². The highest BCUT2D eigenvalue weighted by molar-refractivity contribution is 6.01. The summed E-state index contributed by atoms with van der Waals surface area (Å²) in [6.45, 7) is 4.72. The van der Waals surface area contributed by atoms with Gasteiger partial charge in [0.05, 0.1) is 7.11 Å². The third-order valence-electron chi connectivity index (χ3n) is 4.88. The molecule has 0 saturated carbocycles. The lowest BCUT2D eigenvalue weighted by molar-refractivity contribution is 0.0740. The van der Waals surface area contributed by atoms with Crippen LogP contribution >= 0.6 is 0 Å². The van der Waals surface area contributed by atoms with Gasteiger partial charge in [-0.3, -0.25) is 4.79 Å². The second-order valence-electron chi connectivity index (χ2n) is 6.36. The smallest absolute Gasteiger partial charge is 0.270 e. The molecule has 1 aliphatic rings. The number of methoxy groups -OCH3 is 1. The van der Waals surface area contributed by atoms with E-state index in [9.17, 15) is 4.79 Å². The minimum absolute atomic E-state index is 0.0336. The van der Waals surface area contributed by atoms with Crippen LogP contribution in [0.5, 0.6) is 5.75 Å². The van der Waals surface area contributed by atoms with Gasteiger partial charge in [0.1, 0.15) is 11.4 Å². The van der Waals surface area contributed by atoms with E-state index in [1.165, 1.54) is 0 Å². The lowest BCUT2D eigenvalue weighted by atomic mass is 10.1. The summed E-state index contributed by atoms with van der Waals surface area (Å²) < 4.78 is 5.29. The Morgan fingerprint density at radius 3 is 2.58 bits per heavy atom. The molecule has 1 N–H and O–H groups in total. The molecule has 4 rings (SSSR count). The molecule has 1 saturated heterocycles. The van der Waals surface area contributed by atoms with Crippen molar-refractivity contribution in [2.45, 2.75) is 6.92 Å². The number of H-pyrrole nitrogens is 1. The highest BCUT2D eigenvalue weighted by Gasteiger charge is 2.26. The van der Waals surface area contributed by atoms with Crippen molar-refractivity contribution in [1.29, 1.82) is 0 Å². The Labute approximate surface area is 151 Å². The molecule has 134 valence electrons. The first kappa shape index (κ1) is 16.4. The maximum Gasteiger partial charge on any atom is 0.270 e. The van der Waals surface area contributed by atoms with Gasteiger partial charge in [-0.1, -0.05) is 0 Å². The SMILES string of the molecule is COc1ccc2[nH]c(C(=O)N3CCN(c4ncccn4)CC3)c(C)c2c1. The molecule has 3 aromatic rings. The van der Waals surface area contributed by atoms with Crippen LogP contribution in [0.2, 0.25) is 0 Å². The van der Waals surface area contributed by atoms with Gasteiger partial charge in [0.2, 0.25) is 5.95 Å². The Hall–Kier alpha value is -3.09. The molecule has 0 spiro atoms. The summed E-state index contributed by atoms with van der Waals surface area (Å²) in [6, 6.07) is 7.60. The number of aromatic amines is 1. The lowest BCUT2D eigenvalue weighted by Gasteiger charge is -2.34. The third-order valence-corrected chi connectivity index (χ3v) is 4.88. The van der Waals surface area contributed by atoms with E-state index in [4.69, 9.17) is 4.74 Å². The Balaban J connectivity index is 1.52. The minimum atomic E-state index is 0.0336. The monoisotopic (exact) mass is 351 g/mol. The molecule has 26 heavy (non-hydrogen) atoms. The van der Waals surface area contributed by atoms with Crippen molar-refractivity contribution >= 4 is 22.8 Å². The molecule has 0 radical (unpaired) electrons. The number of ether oxygens (including phenoxy) is 1. The van der Waals surface area contributed by atoms with E-state index >= 15 is 0 Å². The molecule has 2 aromatic heterocycles. The van der Waals surface area contributed by atoms with Crippen LogP contribution < -0.4 is 9.64 Å². The minimum Gasteiger partial charge on any atom is -0.497 e. The number of aromatic nitrogens is 3. The summed E-state index contributed by atoms with van der Waals surface area (Å²) in [5.41, 5.74) is 2.55. The zero-order valence-corrected chi connectivity index (χ0v) is 14.9. The zero-order chi connectivity index (χ0) is 18.1. The molecular weight excluding hydrogens is 330 g/mol. The van der Waals surface area contributed by atoms with E-state index in [-0.39, 0.29) is 5.91 Å². The Morgan fingerprint density at radius 1 is 1.15 bits per heavy atom. The number of benzene rings is 1. The summed E-state index contributed by atoms with van der Waals surface area (Å²) >= 11 is 0. The molecule has 1 aromatic carbocycles. The number of hydrogen-bond acceptors (Lipinski definition) is 5. The van der Waals surface area contributed by atoms with Crippen LogP contribution in [0.1, 0.15) is 16.1 Å². The van der Waals surface area contributed by atoms with Gasteiger partial charge < -0.3 is 19.5 Å². The first-order valence-electron chi connectivity index (χ1n) is 8.65. The topological polar surface area (TPSA) is 74.4 Å². The standard InChI is InChI=1S/C19H21N5O2/c1-13-15-12-14(26-2)4-5-16(15)22-17(13)18(25)23-8-10-24(11-9-23)19-20-6-3-7-21-19/h3-7,12,22H,8-11H2,1-2H3. The van der Waals surface area contributed by atoms with Crippen LogP contribution in [-0.4, -0.2) is 59.0 Å². The van der Waals surface area contributed by atoms with E-state index in [0.717, 1.165) is 35.3 Å². The van der Waals surface area contributed by atoms with Gasteiger partial charge in [-0.2, -0.15) is 0 Å². The Kier molecular flexibility index (Phi) is 4.20. The number of carbonyl (C=O) groups excluding carboxylic acids is 1. The van der Waals surface area contributed by atoms with Gasteiger partial charge in [-0.05, 0) is 36.8 Å². The molecule has 7 nitrogen and oxygen atoms in total. The second-order valence-corrected chi connectivity index (χ2v) is 6.36. The number of rotatable bonds is 3. The van der Waals surface area contributed by atoms with E-state index in [0.29, 0.717) is 24.7 Å². The van der Waals surface area contributed by atoms with Crippen molar-refractivity contribution in [1.82, 2.24) is 19.9 Å². The fourth-order valence-electron chi connectivity index (χ4n) is 3.37. The van der Waals surface area contributed by atoms with Gasteiger partial charge in [0, 0.05) is 49.5 Å². The van der Waals surface area contributed by atoms with Crippen LogP contribution in [0, 0.1) is 6.92 Å². The molecule has 0 unspecified atom stereocenters. The maximum absolute atomic E-state index is 13.0. The van der Waals surface area contributed by atoms with Gasteiger partial charge in [0.15, 0.2) is 0 Å². The quantitative estimate of drug-likeness (QED) is 0.783. The lowest BCUT2D eigenvalue weighted by Crippen LogP contribution is -2.49. The number of aryl methyl sites for hydroxylation is 1. The molecule has 1 fully saturated rings. The average Bonchev–Trinajstić information content (AvgIpc) is 3.04. The van der Waals surface area contributed by atoms with Crippen molar-refractivity contribution in [3.8, 4) is 5.75 Å². The second kappa shape index (κ2) is 6.67. The van der Waals surface area contributed by atoms with Crippen molar-refractivity contribution < 1.29 is 9.53 Å². The normalized spacial score (nSPS) is 14.7. The van der Waals surface area contributed by atoms with Gasteiger partial charge >= 0.3 is 0 Å². The van der Waals surface area contributed by atoms with E-state index in [2.05, 4.69) is 19.9 Å². The van der Waals surface area contributed by atoms with Crippen LogP contribution in [0.25, 0.3) is 10.9 Å². The van der Waals surface area contributed by atoms with Crippen molar-refractivity contribution in [3.63, 3.8) is 0 Å². The first-order valence-corrected chi connectivity index (χ1v) is 8.65. The summed E-state index contributed by atoms with van der Waals surface area (Å²) in [5.74, 6) is 1.54. The molecule has 3 heterocycles. The number of nitrogens with zero attached hydrogens (tertiary/aromatic N) is 4. The fraction of sp³-hybridized carbons (Fsp3) is 0.316. The summed E-state index contributed by atoms with van der Waals surface area (Å²) in [5, 5.41) is 1.02. The zero-order valence-electron chi connectivity index (χ0n) is 14.9. The summed E-state index contributed by atoms with van der Waals surface area (Å²) in [4.78, 5) is 28.8. The average molecular weight is 351 g/mol. The molecule has 7 heteroatoms. The third kappa shape index (κ3) is 2.85. The molecular formula is C19H21N5O2. The predicted molar refractivity (Wildman–Crippen MR) is 99.7 cm³/mol. The highest BCUT2D eigenvalue weighted by atomic mass is 16.5. The van der Waals surface area contributed by atoms with E-state index < -0.39 is 0 Å². The van der Waals surface area contributed by atoms with E-state index in [1.807, 2.05) is 30.0 Å². The van der Waals surface area contributed by atoms with E-state index in [1.54, 1.807) is 25.6 Å². The number of piperazine rings is 1. The maximum atomic E-state index is 13.0. The highest BCUT2D eigenvalue weighted by Crippen LogP contribution is 2.27. The summed E-state index contributed by atoms with van der Waals surface area (Å²) in [7, 11) is 1.64. The largest absolute Gasteiger partial charge is 0.497 e. The molecule has 1 amide bonds. The molecule has 0 atom stereocenters. The Morgan fingerprint density at radius 2 is 1.88 bits per heavy atom. The number of nitrogens with one attached hydrogen (secondary N) is 1. The number of amides is 1. The fourth-order valence-corrected chi connectivity index (χ4v) is 3.37. The summed E-state index contributed by atoms with van der Waals surface area (Å²) in [6.07, 6.45) is 3.48. The van der Waals surface area contributed by atoms with Gasteiger partial charge in [0.25, 0.3) is 5.91 Å². The molecule has 0 bridgehead atoms. The first-order chi connectivity index (χ1) is 12.7. The predicted octanol–water partition coefficient (Wildman–Crippen LogP) is 2.24. The van der Waals surface area contributed by atoms with Crippen LogP contribution in [0.4, 0.5) is 5.95 Å².